The van der Waals surface area contributed by atoms with Gasteiger partial charge in [-0.1, -0.05) is 20.8 Å². The number of hydrogen-bond acceptors (Lipinski definition) is 2. The van der Waals surface area contributed by atoms with Gasteiger partial charge in [0.1, 0.15) is 0 Å². The molecule has 0 fully saturated rings. The first-order valence-electron chi connectivity index (χ1n) is 5.14. The molecule has 84 valence electrons. The van der Waals surface area contributed by atoms with E-state index in [9.17, 15) is 4.39 Å². The molecule has 0 atom stereocenters. The summed E-state index contributed by atoms with van der Waals surface area (Å²) in [6.07, 6.45) is 4.96. The van der Waals surface area contributed by atoms with Crippen LogP contribution >= 0.6 is 0 Å². The van der Waals surface area contributed by atoms with Crippen LogP contribution in [0.3, 0.4) is 0 Å². The molecular weight excluding hydrogens is 205 g/mol. The Balaban J connectivity index is 2.46. The summed E-state index contributed by atoms with van der Waals surface area (Å²) in [6.45, 7) is 6.07. The van der Waals surface area contributed by atoms with Crippen LogP contribution in [0.1, 0.15) is 26.3 Å². The molecule has 2 aromatic heterocycles. The van der Waals surface area contributed by atoms with Crippen LogP contribution < -0.4 is 0 Å². The largest absolute Gasteiger partial charge is 0.234 e. The lowest BCUT2D eigenvalue weighted by Gasteiger charge is -2.18. The van der Waals surface area contributed by atoms with Gasteiger partial charge in [0.15, 0.2) is 11.6 Å². The normalized spacial score (nSPS) is 11.8. The Hall–Kier alpha value is -1.71. The van der Waals surface area contributed by atoms with Crippen molar-refractivity contribution in [2.75, 3.05) is 0 Å². The van der Waals surface area contributed by atoms with E-state index < -0.39 is 0 Å². The van der Waals surface area contributed by atoms with E-state index in [0.717, 1.165) is 5.56 Å². The van der Waals surface area contributed by atoms with E-state index in [2.05, 4.69) is 10.1 Å². The Labute approximate surface area is 93.9 Å². The maximum Gasteiger partial charge on any atom is 0.189 e. The fourth-order valence-corrected chi connectivity index (χ4v) is 1.40. The van der Waals surface area contributed by atoms with Crippen molar-refractivity contribution in [3.8, 4) is 5.82 Å². The van der Waals surface area contributed by atoms with Crippen molar-refractivity contribution >= 4 is 0 Å². The van der Waals surface area contributed by atoms with Crippen LogP contribution in [0, 0.1) is 5.82 Å². The molecule has 0 unspecified atom stereocenters. The van der Waals surface area contributed by atoms with Gasteiger partial charge in [0.2, 0.25) is 0 Å². The van der Waals surface area contributed by atoms with Crippen molar-refractivity contribution in [2.45, 2.75) is 26.2 Å². The number of aromatic nitrogens is 3. The third-order valence-electron chi connectivity index (χ3n) is 2.41. The molecule has 0 saturated heterocycles. The van der Waals surface area contributed by atoms with Gasteiger partial charge in [-0.05, 0) is 23.1 Å². The van der Waals surface area contributed by atoms with Crippen LogP contribution in [0.4, 0.5) is 4.39 Å². The van der Waals surface area contributed by atoms with Gasteiger partial charge in [-0.15, -0.1) is 0 Å². The SMILES string of the molecule is CC(C)(C)c1cnc(-n2cccn2)c(F)c1. The van der Waals surface area contributed by atoms with Crippen LogP contribution in [-0.4, -0.2) is 14.8 Å². The van der Waals surface area contributed by atoms with Gasteiger partial charge >= 0.3 is 0 Å². The van der Waals surface area contributed by atoms with Crippen molar-refractivity contribution in [1.82, 2.24) is 14.8 Å². The minimum atomic E-state index is -0.351. The van der Waals surface area contributed by atoms with Gasteiger partial charge in [0.25, 0.3) is 0 Å². The molecule has 0 N–H and O–H groups in total. The molecular formula is C12H14FN3. The lowest BCUT2D eigenvalue weighted by atomic mass is 9.88. The summed E-state index contributed by atoms with van der Waals surface area (Å²) < 4.78 is 15.2. The summed E-state index contributed by atoms with van der Waals surface area (Å²) in [5.41, 5.74) is 0.775. The van der Waals surface area contributed by atoms with Gasteiger partial charge in [-0.3, -0.25) is 0 Å². The molecule has 0 amide bonds. The van der Waals surface area contributed by atoms with Crippen LogP contribution in [0.2, 0.25) is 0 Å². The Morgan fingerprint density at radius 1 is 1.31 bits per heavy atom. The molecule has 3 nitrogen and oxygen atoms in total. The molecule has 0 aliphatic heterocycles. The lowest BCUT2D eigenvalue weighted by Crippen LogP contribution is -2.13. The van der Waals surface area contributed by atoms with Crippen molar-refractivity contribution in [2.24, 2.45) is 0 Å². The van der Waals surface area contributed by atoms with Crippen molar-refractivity contribution in [3.05, 3.63) is 42.1 Å². The van der Waals surface area contributed by atoms with Gasteiger partial charge < -0.3 is 0 Å². The molecule has 2 rings (SSSR count). The number of nitrogens with zero attached hydrogens (tertiary/aromatic N) is 3. The first-order valence-corrected chi connectivity index (χ1v) is 5.14. The maximum atomic E-state index is 13.8. The molecule has 2 aromatic rings. The number of rotatable bonds is 1. The van der Waals surface area contributed by atoms with E-state index >= 15 is 0 Å². The molecule has 16 heavy (non-hydrogen) atoms. The monoisotopic (exact) mass is 219 g/mol. The van der Waals surface area contributed by atoms with Gasteiger partial charge in [-0.25, -0.2) is 14.1 Å². The molecule has 0 aliphatic rings. The highest BCUT2D eigenvalue weighted by molar-refractivity contribution is 5.29. The summed E-state index contributed by atoms with van der Waals surface area (Å²) in [4.78, 5) is 4.11. The molecule has 0 radical (unpaired) electrons. The minimum Gasteiger partial charge on any atom is -0.234 e. The van der Waals surface area contributed by atoms with E-state index in [1.54, 1.807) is 24.7 Å². The van der Waals surface area contributed by atoms with E-state index in [-0.39, 0.29) is 17.1 Å². The predicted octanol–water partition coefficient (Wildman–Crippen LogP) is 2.70. The minimum absolute atomic E-state index is 0.101. The topological polar surface area (TPSA) is 30.7 Å². The summed E-state index contributed by atoms with van der Waals surface area (Å²) in [7, 11) is 0. The summed E-state index contributed by atoms with van der Waals surface area (Å²) in [5, 5.41) is 3.95. The first kappa shape index (κ1) is 10.8. The highest BCUT2D eigenvalue weighted by Gasteiger charge is 2.17. The third kappa shape index (κ3) is 1.96. The highest BCUT2D eigenvalue weighted by atomic mass is 19.1. The van der Waals surface area contributed by atoms with Gasteiger partial charge in [-0.2, -0.15) is 5.10 Å². The molecule has 4 heteroatoms. The Morgan fingerprint density at radius 2 is 2.06 bits per heavy atom. The third-order valence-corrected chi connectivity index (χ3v) is 2.41. The number of hydrogen-bond donors (Lipinski definition) is 0. The van der Waals surface area contributed by atoms with Gasteiger partial charge in [0.05, 0.1) is 0 Å². The second-order valence-corrected chi connectivity index (χ2v) is 4.73. The summed E-state index contributed by atoms with van der Waals surface area (Å²) in [6, 6.07) is 3.25. The second-order valence-electron chi connectivity index (χ2n) is 4.73. The second kappa shape index (κ2) is 3.70. The molecule has 0 aliphatic carbocycles. The summed E-state index contributed by atoms with van der Waals surface area (Å²) >= 11 is 0. The molecule has 2 heterocycles. The van der Waals surface area contributed by atoms with Crippen molar-refractivity contribution < 1.29 is 4.39 Å². The quantitative estimate of drug-likeness (QED) is 0.738. The standard InChI is InChI=1S/C12H14FN3/c1-12(2,3)9-7-10(13)11(14-8-9)16-6-4-5-15-16/h4-8H,1-3H3. The average molecular weight is 219 g/mol. The van der Waals surface area contributed by atoms with E-state index in [1.165, 1.54) is 10.7 Å². The predicted molar refractivity (Wildman–Crippen MR) is 60.0 cm³/mol. The highest BCUT2D eigenvalue weighted by Crippen LogP contribution is 2.23. The Kier molecular flexibility index (Phi) is 2.50. The average Bonchev–Trinajstić information content (AvgIpc) is 2.69. The molecule has 0 aromatic carbocycles. The van der Waals surface area contributed by atoms with Gasteiger partial charge in [0, 0.05) is 18.6 Å². The fraction of sp³-hybridized carbons (Fsp3) is 0.333. The zero-order valence-corrected chi connectivity index (χ0v) is 9.61. The number of halogens is 1. The van der Waals surface area contributed by atoms with Crippen LogP contribution in [-0.2, 0) is 5.41 Å². The number of pyridine rings is 1. The molecule has 0 saturated carbocycles. The molecule has 0 spiro atoms. The van der Waals surface area contributed by atoms with Crippen LogP contribution in [0.5, 0.6) is 0 Å². The Morgan fingerprint density at radius 3 is 2.56 bits per heavy atom. The zero-order valence-electron chi connectivity index (χ0n) is 9.61. The van der Waals surface area contributed by atoms with Crippen LogP contribution in [0.25, 0.3) is 5.82 Å². The first-order chi connectivity index (χ1) is 7.48. The van der Waals surface area contributed by atoms with Crippen molar-refractivity contribution in [3.63, 3.8) is 0 Å². The van der Waals surface area contributed by atoms with E-state index in [4.69, 9.17) is 0 Å². The molecule has 0 bridgehead atoms. The smallest absolute Gasteiger partial charge is 0.189 e. The lowest BCUT2D eigenvalue weighted by molar-refractivity contribution is 0.558. The van der Waals surface area contributed by atoms with Crippen LogP contribution in [0.15, 0.2) is 30.7 Å². The fourth-order valence-electron chi connectivity index (χ4n) is 1.40. The Bertz CT molecular complexity index is 483. The van der Waals surface area contributed by atoms with E-state index in [1.807, 2.05) is 20.8 Å². The zero-order chi connectivity index (χ0) is 11.8. The van der Waals surface area contributed by atoms with Crippen molar-refractivity contribution in [1.29, 1.82) is 0 Å². The summed E-state index contributed by atoms with van der Waals surface area (Å²) in [5.74, 6) is -0.117. The maximum absolute atomic E-state index is 13.8. The van der Waals surface area contributed by atoms with E-state index in [0.29, 0.717) is 0 Å².